The number of aliphatic hydroxyl groups excluding tert-OH is 1. The summed E-state index contributed by atoms with van der Waals surface area (Å²) in [4.78, 5) is 14.9. The van der Waals surface area contributed by atoms with Crippen molar-refractivity contribution in [2.45, 2.75) is 37.8 Å². The van der Waals surface area contributed by atoms with Crippen molar-refractivity contribution < 1.29 is 18.7 Å². The van der Waals surface area contributed by atoms with Crippen molar-refractivity contribution in [3.63, 3.8) is 0 Å². The molecule has 1 aliphatic rings. The van der Waals surface area contributed by atoms with Crippen LogP contribution in [0.5, 0.6) is 0 Å². The molecule has 6 heteroatoms. The first-order valence-electron chi connectivity index (χ1n) is 5.88. The van der Waals surface area contributed by atoms with E-state index in [0.717, 1.165) is 25.1 Å². The van der Waals surface area contributed by atoms with Crippen LogP contribution in [0.3, 0.4) is 0 Å². The molecule has 2 rings (SSSR count). The van der Waals surface area contributed by atoms with Gasteiger partial charge in [-0.1, -0.05) is 12.8 Å². The average Bonchev–Trinajstić information content (AvgIpc) is 2.35. The lowest BCUT2D eigenvalue weighted by Gasteiger charge is -2.28. The summed E-state index contributed by atoms with van der Waals surface area (Å²) in [7, 11) is 0. The quantitative estimate of drug-likeness (QED) is 0.786. The topological polar surface area (TPSA) is 62.2 Å². The van der Waals surface area contributed by atoms with Gasteiger partial charge in [-0.25, -0.2) is 9.37 Å². The van der Waals surface area contributed by atoms with E-state index in [0.29, 0.717) is 12.8 Å². The standard InChI is InChI=1S/C12H14F2N2O2/c13-10-7(5-6-15-11(10)14)12(18)16-8-3-1-2-4-9(8)17/h5-6,8-9,17H,1-4H2,(H,16,18). The van der Waals surface area contributed by atoms with Gasteiger partial charge in [0, 0.05) is 6.20 Å². The van der Waals surface area contributed by atoms with Gasteiger partial charge in [0.05, 0.1) is 17.7 Å². The fourth-order valence-electron chi connectivity index (χ4n) is 2.12. The van der Waals surface area contributed by atoms with Gasteiger partial charge in [-0.15, -0.1) is 0 Å². The number of pyridine rings is 1. The van der Waals surface area contributed by atoms with Crippen LogP contribution in [0.25, 0.3) is 0 Å². The first-order valence-corrected chi connectivity index (χ1v) is 5.88. The number of rotatable bonds is 2. The van der Waals surface area contributed by atoms with E-state index in [1.165, 1.54) is 0 Å². The molecule has 1 amide bonds. The Hall–Kier alpha value is -1.56. The molecule has 0 aliphatic heterocycles. The van der Waals surface area contributed by atoms with E-state index in [-0.39, 0.29) is 5.56 Å². The van der Waals surface area contributed by atoms with E-state index in [1.54, 1.807) is 0 Å². The van der Waals surface area contributed by atoms with Gasteiger partial charge in [0.2, 0.25) is 5.95 Å². The zero-order valence-corrected chi connectivity index (χ0v) is 9.70. The van der Waals surface area contributed by atoms with Gasteiger partial charge >= 0.3 is 0 Å². The Morgan fingerprint density at radius 1 is 1.39 bits per heavy atom. The highest BCUT2D eigenvalue weighted by atomic mass is 19.2. The summed E-state index contributed by atoms with van der Waals surface area (Å²) in [5.41, 5.74) is -0.389. The van der Waals surface area contributed by atoms with Crippen molar-refractivity contribution in [2.75, 3.05) is 0 Å². The molecule has 2 N–H and O–H groups in total. The second-order valence-corrected chi connectivity index (χ2v) is 4.40. The molecule has 1 fully saturated rings. The lowest BCUT2D eigenvalue weighted by atomic mass is 9.92. The van der Waals surface area contributed by atoms with Crippen LogP contribution in [-0.2, 0) is 0 Å². The minimum atomic E-state index is -1.30. The van der Waals surface area contributed by atoms with Gasteiger partial charge in [-0.2, -0.15) is 4.39 Å². The number of nitrogens with zero attached hydrogens (tertiary/aromatic N) is 1. The second kappa shape index (κ2) is 5.39. The molecule has 2 unspecified atom stereocenters. The molecule has 1 aliphatic carbocycles. The zero-order valence-electron chi connectivity index (χ0n) is 9.70. The van der Waals surface area contributed by atoms with Crippen molar-refractivity contribution in [3.05, 3.63) is 29.6 Å². The molecule has 2 atom stereocenters. The van der Waals surface area contributed by atoms with Crippen LogP contribution in [0.2, 0.25) is 0 Å². The molecule has 0 bridgehead atoms. The molecule has 0 aromatic carbocycles. The van der Waals surface area contributed by atoms with Crippen LogP contribution in [0.15, 0.2) is 12.3 Å². The predicted molar refractivity (Wildman–Crippen MR) is 59.9 cm³/mol. The largest absolute Gasteiger partial charge is 0.391 e. The highest BCUT2D eigenvalue weighted by Gasteiger charge is 2.26. The average molecular weight is 256 g/mol. The Labute approximate surface area is 103 Å². The molecule has 1 aromatic heterocycles. The third-order valence-corrected chi connectivity index (χ3v) is 3.14. The molecule has 4 nitrogen and oxygen atoms in total. The minimum absolute atomic E-state index is 0.389. The number of amides is 1. The molecule has 1 heterocycles. The van der Waals surface area contributed by atoms with Crippen molar-refractivity contribution in [2.24, 2.45) is 0 Å². The van der Waals surface area contributed by atoms with Crippen LogP contribution in [0.4, 0.5) is 8.78 Å². The van der Waals surface area contributed by atoms with Gasteiger partial charge in [-0.05, 0) is 18.9 Å². The zero-order chi connectivity index (χ0) is 13.1. The Bertz CT molecular complexity index is 454. The third kappa shape index (κ3) is 2.64. The van der Waals surface area contributed by atoms with Crippen LogP contribution in [-0.4, -0.2) is 28.1 Å². The summed E-state index contributed by atoms with van der Waals surface area (Å²) >= 11 is 0. The summed E-state index contributed by atoms with van der Waals surface area (Å²) in [6.45, 7) is 0. The second-order valence-electron chi connectivity index (χ2n) is 4.40. The first kappa shape index (κ1) is 12.9. The van der Waals surface area contributed by atoms with Crippen molar-refractivity contribution in [1.82, 2.24) is 10.3 Å². The summed E-state index contributed by atoms with van der Waals surface area (Å²) < 4.78 is 26.2. The van der Waals surface area contributed by atoms with Gasteiger partial charge in [-0.3, -0.25) is 4.79 Å². The predicted octanol–water partition coefficient (Wildman–Crippen LogP) is 1.39. The summed E-state index contributed by atoms with van der Waals surface area (Å²) in [6, 6.07) is 0.713. The van der Waals surface area contributed by atoms with Crippen LogP contribution >= 0.6 is 0 Å². The highest BCUT2D eigenvalue weighted by molar-refractivity contribution is 5.94. The van der Waals surface area contributed by atoms with Crippen molar-refractivity contribution in [1.29, 1.82) is 0 Å². The van der Waals surface area contributed by atoms with Gasteiger partial charge in [0.1, 0.15) is 0 Å². The van der Waals surface area contributed by atoms with E-state index in [2.05, 4.69) is 10.3 Å². The van der Waals surface area contributed by atoms with Gasteiger partial charge < -0.3 is 10.4 Å². The summed E-state index contributed by atoms with van der Waals surface area (Å²) in [5.74, 6) is -3.29. The molecule has 98 valence electrons. The number of hydrogen-bond acceptors (Lipinski definition) is 3. The maximum absolute atomic E-state index is 13.3. The lowest BCUT2D eigenvalue weighted by Crippen LogP contribution is -2.45. The molecule has 18 heavy (non-hydrogen) atoms. The SMILES string of the molecule is O=C(NC1CCCCC1O)c1ccnc(F)c1F. The monoisotopic (exact) mass is 256 g/mol. The number of nitrogens with one attached hydrogen (secondary N) is 1. The van der Waals surface area contributed by atoms with E-state index < -0.39 is 29.8 Å². The van der Waals surface area contributed by atoms with Gasteiger partial charge in [0.25, 0.3) is 5.91 Å². The number of hydrogen-bond donors (Lipinski definition) is 2. The first-order chi connectivity index (χ1) is 8.59. The Kier molecular flexibility index (Phi) is 3.86. The number of aromatic nitrogens is 1. The number of carbonyl (C=O) groups excluding carboxylic acids is 1. The van der Waals surface area contributed by atoms with E-state index in [9.17, 15) is 18.7 Å². The van der Waals surface area contributed by atoms with Crippen LogP contribution in [0.1, 0.15) is 36.0 Å². The molecular weight excluding hydrogens is 242 g/mol. The maximum Gasteiger partial charge on any atom is 0.254 e. The van der Waals surface area contributed by atoms with E-state index in [4.69, 9.17) is 0 Å². The molecule has 0 radical (unpaired) electrons. The molecule has 1 aromatic rings. The summed E-state index contributed by atoms with van der Waals surface area (Å²) in [6.07, 6.45) is 3.46. The third-order valence-electron chi connectivity index (χ3n) is 3.14. The number of carbonyl (C=O) groups is 1. The molecule has 1 saturated carbocycles. The van der Waals surface area contributed by atoms with Crippen LogP contribution < -0.4 is 5.32 Å². The maximum atomic E-state index is 13.3. The normalized spacial score (nSPS) is 23.7. The minimum Gasteiger partial charge on any atom is -0.391 e. The number of halogens is 2. The molecule has 0 saturated heterocycles. The smallest absolute Gasteiger partial charge is 0.254 e. The molecule has 0 spiro atoms. The fraction of sp³-hybridized carbons (Fsp3) is 0.500. The van der Waals surface area contributed by atoms with Gasteiger partial charge in [0.15, 0.2) is 5.82 Å². The van der Waals surface area contributed by atoms with E-state index in [1.807, 2.05) is 0 Å². The van der Waals surface area contributed by atoms with E-state index >= 15 is 0 Å². The number of aliphatic hydroxyl groups is 1. The Morgan fingerprint density at radius 2 is 2.11 bits per heavy atom. The van der Waals surface area contributed by atoms with Crippen LogP contribution in [0, 0.1) is 11.8 Å². The lowest BCUT2D eigenvalue weighted by molar-refractivity contribution is 0.0713. The molecular formula is C12H14F2N2O2. The Balaban J connectivity index is 2.09. The summed E-state index contributed by atoms with van der Waals surface area (Å²) in [5, 5.41) is 12.2. The fourth-order valence-corrected chi connectivity index (χ4v) is 2.12. The highest BCUT2D eigenvalue weighted by Crippen LogP contribution is 2.19. The van der Waals surface area contributed by atoms with Crippen molar-refractivity contribution >= 4 is 5.91 Å². The van der Waals surface area contributed by atoms with Crippen molar-refractivity contribution in [3.8, 4) is 0 Å². The Morgan fingerprint density at radius 3 is 2.83 bits per heavy atom.